The highest BCUT2D eigenvalue weighted by Gasteiger charge is 2.43. The number of hydrogen-bond donors (Lipinski definition) is 0. The molecule has 0 unspecified atom stereocenters. The van der Waals surface area contributed by atoms with E-state index in [4.69, 9.17) is 4.74 Å². The Morgan fingerprint density at radius 3 is 2.44 bits per heavy atom. The maximum Gasteiger partial charge on any atom is 0.166 e. The molecule has 3 nitrogen and oxygen atoms in total. The second kappa shape index (κ2) is 6.95. The van der Waals surface area contributed by atoms with Crippen LogP contribution in [0.1, 0.15) is 77.8 Å². The highest BCUT2D eigenvalue weighted by molar-refractivity contribution is 6.04. The van der Waals surface area contributed by atoms with Gasteiger partial charge in [0.15, 0.2) is 11.6 Å². The monoisotopic (exact) mass is 362 g/mol. The van der Waals surface area contributed by atoms with E-state index in [1.165, 1.54) is 5.56 Å². The lowest BCUT2D eigenvalue weighted by molar-refractivity contribution is 0.0976. The minimum absolute atomic E-state index is 0.0345. The summed E-state index contributed by atoms with van der Waals surface area (Å²) >= 11 is 0. The summed E-state index contributed by atoms with van der Waals surface area (Å²) in [5, 5.41) is 0. The summed E-state index contributed by atoms with van der Waals surface area (Å²) in [7, 11) is 0. The van der Waals surface area contributed by atoms with E-state index in [9.17, 15) is 9.59 Å². The maximum absolute atomic E-state index is 12.8. The van der Waals surface area contributed by atoms with Crippen molar-refractivity contribution in [2.45, 2.75) is 51.4 Å². The van der Waals surface area contributed by atoms with Crippen molar-refractivity contribution in [3.05, 3.63) is 64.7 Å². The number of benzene rings is 2. The molecule has 0 saturated heterocycles. The van der Waals surface area contributed by atoms with Crippen LogP contribution in [0.2, 0.25) is 0 Å². The summed E-state index contributed by atoms with van der Waals surface area (Å²) in [6.07, 6.45) is 4.13. The lowest BCUT2D eigenvalue weighted by Gasteiger charge is -2.27. The van der Waals surface area contributed by atoms with E-state index in [2.05, 4.69) is 19.1 Å². The van der Waals surface area contributed by atoms with Gasteiger partial charge >= 0.3 is 0 Å². The Labute approximate surface area is 160 Å². The lowest BCUT2D eigenvalue weighted by Crippen LogP contribution is -2.28. The smallest absolute Gasteiger partial charge is 0.166 e. The molecule has 1 aliphatic carbocycles. The van der Waals surface area contributed by atoms with Crippen molar-refractivity contribution in [1.29, 1.82) is 0 Å². The van der Waals surface area contributed by atoms with Crippen molar-refractivity contribution in [1.82, 2.24) is 0 Å². The maximum atomic E-state index is 12.8. The highest BCUT2D eigenvalue weighted by Crippen LogP contribution is 2.48. The third-order valence-electron chi connectivity index (χ3n) is 6.11. The molecule has 2 aromatic carbocycles. The van der Waals surface area contributed by atoms with Gasteiger partial charge in [0.1, 0.15) is 12.4 Å². The van der Waals surface area contributed by atoms with E-state index < -0.39 is 0 Å². The molecule has 1 atom stereocenters. The molecule has 0 bridgehead atoms. The van der Waals surface area contributed by atoms with E-state index in [0.29, 0.717) is 42.2 Å². The minimum atomic E-state index is -0.310. The number of ketones is 2. The Morgan fingerprint density at radius 2 is 1.81 bits per heavy atom. The van der Waals surface area contributed by atoms with Crippen LogP contribution in [0.3, 0.4) is 0 Å². The molecule has 0 spiro atoms. The van der Waals surface area contributed by atoms with Gasteiger partial charge in [-0.25, -0.2) is 0 Å². The Kier molecular flexibility index (Phi) is 4.63. The molecule has 0 aromatic heterocycles. The number of rotatable bonds is 7. The SMILES string of the molecule is CCC(=O)c1cc(C(=O)CC2CC2)cc2c1OC[C@@]2(CC)c1ccccc1. The quantitative estimate of drug-likeness (QED) is 0.624. The van der Waals surface area contributed by atoms with Gasteiger partial charge in [-0.2, -0.15) is 0 Å². The van der Waals surface area contributed by atoms with Crippen LogP contribution >= 0.6 is 0 Å². The van der Waals surface area contributed by atoms with E-state index in [1.807, 2.05) is 31.2 Å². The molecule has 27 heavy (non-hydrogen) atoms. The summed E-state index contributed by atoms with van der Waals surface area (Å²) < 4.78 is 6.11. The number of carbonyl (C=O) groups is 2. The van der Waals surface area contributed by atoms with Crippen molar-refractivity contribution in [2.75, 3.05) is 6.61 Å². The first-order valence-electron chi connectivity index (χ1n) is 10.0. The zero-order valence-electron chi connectivity index (χ0n) is 16.1. The topological polar surface area (TPSA) is 43.4 Å². The van der Waals surface area contributed by atoms with Gasteiger partial charge in [-0.15, -0.1) is 0 Å². The normalized spacial score (nSPS) is 20.8. The van der Waals surface area contributed by atoms with Crippen LogP contribution in [0.4, 0.5) is 0 Å². The largest absolute Gasteiger partial charge is 0.491 e. The summed E-state index contributed by atoms with van der Waals surface area (Å²) in [6.45, 7) is 4.51. The standard InChI is InChI=1S/C24H26O3/c1-3-21(25)19-13-17(22(26)12-16-10-11-16)14-20-23(19)27-15-24(20,4-2)18-8-6-5-7-9-18/h5-9,13-14,16H,3-4,10-12,15H2,1-2H3/t24-/m0/s1. The van der Waals surface area contributed by atoms with Gasteiger partial charge < -0.3 is 4.74 Å². The molecule has 1 aliphatic heterocycles. The molecule has 0 radical (unpaired) electrons. The average Bonchev–Trinajstić information content (AvgIpc) is 3.44. The van der Waals surface area contributed by atoms with E-state index in [-0.39, 0.29) is 17.0 Å². The second-order valence-corrected chi connectivity index (χ2v) is 7.84. The first kappa shape index (κ1) is 18.0. The van der Waals surface area contributed by atoms with Crippen LogP contribution in [0.25, 0.3) is 0 Å². The molecule has 140 valence electrons. The highest BCUT2D eigenvalue weighted by atomic mass is 16.5. The number of hydrogen-bond acceptors (Lipinski definition) is 3. The van der Waals surface area contributed by atoms with E-state index in [1.54, 1.807) is 6.07 Å². The Bertz CT molecular complexity index is 880. The van der Waals surface area contributed by atoms with Crippen molar-refractivity contribution < 1.29 is 14.3 Å². The lowest BCUT2D eigenvalue weighted by atomic mass is 9.73. The van der Waals surface area contributed by atoms with Crippen LogP contribution in [0.5, 0.6) is 5.75 Å². The van der Waals surface area contributed by atoms with Crippen LogP contribution in [-0.4, -0.2) is 18.2 Å². The van der Waals surface area contributed by atoms with Crippen molar-refractivity contribution in [3.63, 3.8) is 0 Å². The number of fused-ring (bicyclic) bond motifs is 1. The Balaban J connectivity index is 1.87. The third kappa shape index (κ3) is 3.09. The van der Waals surface area contributed by atoms with Crippen LogP contribution in [0, 0.1) is 5.92 Å². The zero-order chi connectivity index (χ0) is 19.0. The van der Waals surface area contributed by atoms with Crippen LogP contribution in [0.15, 0.2) is 42.5 Å². The van der Waals surface area contributed by atoms with Gasteiger partial charge in [0.05, 0.1) is 11.0 Å². The first-order valence-corrected chi connectivity index (χ1v) is 10.0. The minimum Gasteiger partial charge on any atom is -0.491 e. The number of Topliss-reactive ketones (excluding diaryl/α,β-unsaturated/α-hetero) is 2. The molecular formula is C24H26O3. The molecule has 1 heterocycles. The molecule has 4 rings (SSSR count). The fraction of sp³-hybridized carbons (Fsp3) is 0.417. The van der Waals surface area contributed by atoms with E-state index >= 15 is 0 Å². The fourth-order valence-electron chi connectivity index (χ4n) is 4.17. The van der Waals surface area contributed by atoms with Gasteiger partial charge in [0, 0.05) is 24.0 Å². The Morgan fingerprint density at radius 1 is 1.07 bits per heavy atom. The van der Waals surface area contributed by atoms with Crippen molar-refractivity contribution in [3.8, 4) is 5.75 Å². The molecule has 0 amide bonds. The summed E-state index contributed by atoms with van der Waals surface area (Å²) in [6, 6.07) is 14.1. The predicted octanol–water partition coefficient (Wildman–Crippen LogP) is 5.35. The average molecular weight is 362 g/mol. The van der Waals surface area contributed by atoms with Crippen molar-refractivity contribution >= 4 is 11.6 Å². The van der Waals surface area contributed by atoms with Crippen molar-refractivity contribution in [2.24, 2.45) is 5.92 Å². The van der Waals surface area contributed by atoms with E-state index in [0.717, 1.165) is 24.8 Å². The van der Waals surface area contributed by atoms with Gasteiger partial charge in [-0.05, 0) is 42.9 Å². The van der Waals surface area contributed by atoms with Gasteiger partial charge in [0.25, 0.3) is 0 Å². The van der Waals surface area contributed by atoms with Crippen LogP contribution in [-0.2, 0) is 5.41 Å². The fourth-order valence-corrected chi connectivity index (χ4v) is 4.17. The number of carbonyl (C=O) groups excluding carboxylic acids is 2. The predicted molar refractivity (Wildman–Crippen MR) is 106 cm³/mol. The Hall–Kier alpha value is -2.42. The summed E-state index contributed by atoms with van der Waals surface area (Å²) in [5.74, 6) is 1.38. The van der Waals surface area contributed by atoms with Gasteiger partial charge in [-0.1, -0.05) is 44.2 Å². The molecule has 3 heteroatoms. The summed E-state index contributed by atoms with van der Waals surface area (Å²) in [4.78, 5) is 25.5. The second-order valence-electron chi connectivity index (χ2n) is 7.84. The van der Waals surface area contributed by atoms with Crippen LogP contribution < -0.4 is 4.74 Å². The van der Waals surface area contributed by atoms with Gasteiger partial charge in [0.2, 0.25) is 0 Å². The third-order valence-corrected chi connectivity index (χ3v) is 6.11. The number of ether oxygens (including phenoxy) is 1. The molecule has 2 aromatic rings. The molecule has 1 saturated carbocycles. The molecular weight excluding hydrogens is 336 g/mol. The molecule has 2 aliphatic rings. The van der Waals surface area contributed by atoms with Gasteiger partial charge in [-0.3, -0.25) is 9.59 Å². The summed E-state index contributed by atoms with van der Waals surface area (Å²) in [5.41, 5.74) is 3.09. The molecule has 0 N–H and O–H groups in total. The first-order chi connectivity index (χ1) is 13.1. The molecule has 1 fully saturated rings. The zero-order valence-corrected chi connectivity index (χ0v) is 16.1.